The Bertz CT molecular complexity index is 270. The number of rotatable bonds is 2. The minimum absolute atomic E-state index is 0.344. The van der Waals surface area contributed by atoms with Crippen molar-refractivity contribution in [2.45, 2.75) is 19.4 Å². The van der Waals surface area contributed by atoms with E-state index in [0.717, 1.165) is 5.69 Å². The van der Waals surface area contributed by atoms with Gasteiger partial charge in [0.15, 0.2) is 0 Å². The van der Waals surface area contributed by atoms with Crippen LogP contribution < -0.4 is 11.5 Å². The Morgan fingerprint density at radius 2 is 2.25 bits per heavy atom. The molecule has 0 aliphatic carbocycles. The number of nitrogens with two attached hydrogens (primary N) is 2. The summed E-state index contributed by atoms with van der Waals surface area (Å²) in [6.07, 6.45) is 1.69. The SMILES string of the molecule is Cc1ccnc(C(C)(N)CN)n1. The fraction of sp³-hybridized carbons (Fsp3) is 0.500. The van der Waals surface area contributed by atoms with E-state index in [-0.39, 0.29) is 0 Å². The third-order valence-corrected chi connectivity index (χ3v) is 1.73. The van der Waals surface area contributed by atoms with Gasteiger partial charge in [-0.3, -0.25) is 0 Å². The van der Waals surface area contributed by atoms with Crippen molar-refractivity contribution in [3.8, 4) is 0 Å². The van der Waals surface area contributed by atoms with Gasteiger partial charge in [0.1, 0.15) is 5.82 Å². The Kier molecular flexibility index (Phi) is 2.40. The van der Waals surface area contributed by atoms with Crippen molar-refractivity contribution in [2.75, 3.05) is 6.54 Å². The average Bonchev–Trinajstić information content (AvgIpc) is 2.05. The molecule has 4 nitrogen and oxygen atoms in total. The van der Waals surface area contributed by atoms with Crippen LogP contribution in [0.15, 0.2) is 12.3 Å². The van der Waals surface area contributed by atoms with E-state index < -0.39 is 5.54 Å². The summed E-state index contributed by atoms with van der Waals surface area (Å²) in [7, 11) is 0. The standard InChI is InChI=1S/C8H14N4/c1-6-3-4-11-7(12-6)8(2,10)5-9/h3-4H,5,9-10H2,1-2H3. The monoisotopic (exact) mass is 166 g/mol. The van der Waals surface area contributed by atoms with Gasteiger partial charge in [0.25, 0.3) is 0 Å². The molecule has 1 unspecified atom stereocenters. The van der Waals surface area contributed by atoms with E-state index in [2.05, 4.69) is 9.97 Å². The highest BCUT2D eigenvalue weighted by molar-refractivity contribution is 5.08. The zero-order chi connectivity index (χ0) is 9.19. The largest absolute Gasteiger partial charge is 0.328 e. The van der Waals surface area contributed by atoms with Crippen LogP contribution in [0.25, 0.3) is 0 Å². The van der Waals surface area contributed by atoms with Gasteiger partial charge >= 0.3 is 0 Å². The van der Waals surface area contributed by atoms with Crippen molar-refractivity contribution in [1.82, 2.24) is 9.97 Å². The predicted molar refractivity (Wildman–Crippen MR) is 47.4 cm³/mol. The summed E-state index contributed by atoms with van der Waals surface area (Å²) in [6.45, 7) is 4.07. The molecule has 0 fully saturated rings. The Morgan fingerprint density at radius 3 is 2.75 bits per heavy atom. The predicted octanol–water partition coefficient (Wildman–Crippen LogP) is -0.0824. The molecule has 1 atom stereocenters. The van der Waals surface area contributed by atoms with E-state index in [4.69, 9.17) is 11.5 Å². The van der Waals surface area contributed by atoms with Crippen molar-refractivity contribution in [3.63, 3.8) is 0 Å². The Balaban J connectivity index is 3.03. The van der Waals surface area contributed by atoms with Gasteiger partial charge in [0, 0.05) is 18.4 Å². The molecule has 4 heteroatoms. The third-order valence-electron chi connectivity index (χ3n) is 1.73. The fourth-order valence-electron chi connectivity index (χ4n) is 0.815. The van der Waals surface area contributed by atoms with Crippen LogP contribution in [0.5, 0.6) is 0 Å². The summed E-state index contributed by atoms with van der Waals surface area (Å²) in [6, 6.07) is 1.83. The van der Waals surface area contributed by atoms with Crippen LogP contribution in [-0.2, 0) is 5.54 Å². The van der Waals surface area contributed by atoms with Crippen molar-refractivity contribution >= 4 is 0 Å². The normalized spacial score (nSPS) is 15.7. The topological polar surface area (TPSA) is 77.8 Å². The molecule has 0 aromatic carbocycles. The van der Waals surface area contributed by atoms with Crippen LogP contribution in [0.4, 0.5) is 0 Å². The lowest BCUT2D eigenvalue weighted by atomic mass is 10.0. The smallest absolute Gasteiger partial charge is 0.149 e. The molecule has 1 heterocycles. The molecule has 0 bridgehead atoms. The zero-order valence-electron chi connectivity index (χ0n) is 7.41. The first-order valence-corrected chi connectivity index (χ1v) is 3.85. The second kappa shape index (κ2) is 3.16. The number of aromatic nitrogens is 2. The molecule has 1 rings (SSSR count). The van der Waals surface area contributed by atoms with E-state index >= 15 is 0 Å². The minimum Gasteiger partial charge on any atom is -0.328 e. The van der Waals surface area contributed by atoms with Crippen molar-refractivity contribution < 1.29 is 0 Å². The van der Waals surface area contributed by atoms with Crippen LogP contribution in [0.2, 0.25) is 0 Å². The van der Waals surface area contributed by atoms with Crippen molar-refractivity contribution in [2.24, 2.45) is 11.5 Å². The molecule has 4 N–H and O–H groups in total. The summed E-state index contributed by atoms with van der Waals surface area (Å²) in [5.74, 6) is 0.602. The second-order valence-electron chi connectivity index (χ2n) is 3.14. The van der Waals surface area contributed by atoms with Gasteiger partial charge in [-0.2, -0.15) is 0 Å². The quantitative estimate of drug-likeness (QED) is 0.644. The Labute approximate surface area is 72.0 Å². The molecule has 0 amide bonds. The van der Waals surface area contributed by atoms with Crippen LogP contribution in [0.1, 0.15) is 18.4 Å². The summed E-state index contributed by atoms with van der Waals surface area (Å²) in [4.78, 5) is 8.27. The Hall–Kier alpha value is -1.00. The van der Waals surface area contributed by atoms with Crippen LogP contribution in [0.3, 0.4) is 0 Å². The molecule has 66 valence electrons. The van der Waals surface area contributed by atoms with Crippen LogP contribution >= 0.6 is 0 Å². The molecule has 1 aromatic heterocycles. The van der Waals surface area contributed by atoms with Gasteiger partial charge in [0.05, 0.1) is 5.54 Å². The molecular weight excluding hydrogens is 152 g/mol. The highest BCUT2D eigenvalue weighted by Crippen LogP contribution is 2.10. The lowest BCUT2D eigenvalue weighted by Crippen LogP contribution is -2.42. The lowest BCUT2D eigenvalue weighted by molar-refractivity contribution is 0.472. The van der Waals surface area contributed by atoms with Crippen LogP contribution in [0, 0.1) is 6.92 Å². The summed E-state index contributed by atoms with van der Waals surface area (Å²) in [5, 5.41) is 0. The molecule has 1 aromatic rings. The lowest BCUT2D eigenvalue weighted by Gasteiger charge is -2.20. The first-order chi connectivity index (χ1) is 5.56. The maximum absolute atomic E-state index is 5.86. The van der Waals surface area contributed by atoms with E-state index in [1.54, 1.807) is 6.20 Å². The highest BCUT2D eigenvalue weighted by atomic mass is 15.0. The van der Waals surface area contributed by atoms with Crippen molar-refractivity contribution in [3.05, 3.63) is 23.8 Å². The maximum Gasteiger partial charge on any atom is 0.149 e. The van der Waals surface area contributed by atoms with Gasteiger partial charge in [-0.1, -0.05) is 0 Å². The number of hydrogen-bond donors (Lipinski definition) is 2. The summed E-state index contributed by atoms with van der Waals surface area (Å²) in [5.41, 5.74) is 11.6. The second-order valence-corrected chi connectivity index (χ2v) is 3.14. The van der Waals surface area contributed by atoms with Gasteiger partial charge in [0.2, 0.25) is 0 Å². The van der Waals surface area contributed by atoms with Gasteiger partial charge in [-0.25, -0.2) is 9.97 Å². The molecule has 0 aliphatic heterocycles. The summed E-state index contributed by atoms with van der Waals surface area (Å²) >= 11 is 0. The van der Waals surface area contributed by atoms with Crippen molar-refractivity contribution in [1.29, 1.82) is 0 Å². The third kappa shape index (κ3) is 1.78. The van der Waals surface area contributed by atoms with Gasteiger partial charge < -0.3 is 11.5 Å². The van der Waals surface area contributed by atoms with Gasteiger partial charge in [-0.05, 0) is 19.9 Å². The minimum atomic E-state index is -0.619. The zero-order valence-corrected chi connectivity index (χ0v) is 7.41. The maximum atomic E-state index is 5.86. The molecule has 0 aliphatic rings. The molecule has 0 saturated heterocycles. The molecule has 0 saturated carbocycles. The molecular formula is C8H14N4. The highest BCUT2D eigenvalue weighted by Gasteiger charge is 2.21. The van der Waals surface area contributed by atoms with Gasteiger partial charge in [-0.15, -0.1) is 0 Å². The number of hydrogen-bond acceptors (Lipinski definition) is 4. The molecule has 12 heavy (non-hydrogen) atoms. The number of nitrogens with zero attached hydrogens (tertiary/aromatic N) is 2. The van der Waals surface area contributed by atoms with E-state index in [1.807, 2.05) is 19.9 Å². The van der Waals surface area contributed by atoms with E-state index in [1.165, 1.54) is 0 Å². The first-order valence-electron chi connectivity index (χ1n) is 3.85. The Morgan fingerprint density at radius 1 is 1.58 bits per heavy atom. The van der Waals surface area contributed by atoms with Crippen LogP contribution in [-0.4, -0.2) is 16.5 Å². The number of aryl methyl sites for hydroxylation is 1. The summed E-state index contributed by atoms with van der Waals surface area (Å²) < 4.78 is 0. The fourth-order valence-corrected chi connectivity index (χ4v) is 0.815. The molecule has 0 spiro atoms. The van der Waals surface area contributed by atoms with E-state index in [9.17, 15) is 0 Å². The van der Waals surface area contributed by atoms with E-state index in [0.29, 0.717) is 12.4 Å². The first kappa shape index (κ1) is 9.09. The average molecular weight is 166 g/mol. The molecule has 0 radical (unpaired) electrons.